The molecule has 0 rings (SSSR count). The molecule has 0 radical (unpaired) electrons. The number of carboxylic acid groups (broad SMARTS) is 1. The minimum atomic E-state index is -0.780. The van der Waals surface area contributed by atoms with Gasteiger partial charge < -0.3 is 5.11 Å². The van der Waals surface area contributed by atoms with Gasteiger partial charge in [-0.25, -0.2) is 4.84 Å². The Labute approximate surface area is 181 Å². The standard InChI is InChI=1S/C25H51NO3/c1-4-7-8-9-10-11-12-13-14-15-16-17-18-19-20-21-23-26(5-2,6-3)29-24-22-25(27)28/h4-24H2,1-3H3/p+1. The number of aliphatic carboxylic acids is 1. The minimum Gasteiger partial charge on any atom is -0.481 e. The summed E-state index contributed by atoms with van der Waals surface area (Å²) >= 11 is 0. The molecule has 0 atom stereocenters. The molecule has 0 spiro atoms. The molecule has 0 fully saturated rings. The summed E-state index contributed by atoms with van der Waals surface area (Å²) in [5, 5.41) is 8.79. The minimum absolute atomic E-state index is 0.0962. The van der Waals surface area contributed by atoms with E-state index in [1.165, 1.54) is 103 Å². The molecule has 0 aromatic carbocycles. The second kappa shape index (κ2) is 20.7. The Morgan fingerprint density at radius 2 is 1.03 bits per heavy atom. The molecule has 0 saturated heterocycles. The first-order valence-electron chi connectivity index (χ1n) is 12.8. The van der Waals surface area contributed by atoms with Gasteiger partial charge >= 0.3 is 5.97 Å². The van der Waals surface area contributed by atoms with E-state index in [9.17, 15) is 4.79 Å². The topological polar surface area (TPSA) is 46.5 Å². The number of nitrogens with zero attached hydrogens (tertiary/aromatic N) is 1. The highest BCUT2D eigenvalue weighted by Gasteiger charge is 2.25. The Kier molecular flexibility index (Phi) is 20.2. The van der Waals surface area contributed by atoms with Crippen molar-refractivity contribution in [3.63, 3.8) is 0 Å². The van der Waals surface area contributed by atoms with E-state index in [1.807, 2.05) is 0 Å². The smallest absolute Gasteiger partial charge is 0.305 e. The number of hydrogen-bond donors (Lipinski definition) is 1. The lowest BCUT2D eigenvalue weighted by Crippen LogP contribution is -2.48. The highest BCUT2D eigenvalue weighted by molar-refractivity contribution is 5.66. The molecule has 0 saturated carbocycles. The van der Waals surface area contributed by atoms with Crippen LogP contribution in [0.1, 0.15) is 130 Å². The van der Waals surface area contributed by atoms with E-state index in [0.29, 0.717) is 11.3 Å². The van der Waals surface area contributed by atoms with Gasteiger partial charge in [0.25, 0.3) is 0 Å². The average Bonchev–Trinajstić information content (AvgIpc) is 2.72. The van der Waals surface area contributed by atoms with Crippen LogP contribution in [0.2, 0.25) is 0 Å². The predicted molar refractivity (Wildman–Crippen MR) is 124 cm³/mol. The van der Waals surface area contributed by atoms with Crippen LogP contribution in [0.3, 0.4) is 0 Å². The van der Waals surface area contributed by atoms with Crippen molar-refractivity contribution in [2.45, 2.75) is 130 Å². The van der Waals surface area contributed by atoms with Crippen molar-refractivity contribution in [3.8, 4) is 0 Å². The molecule has 0 aromatic heterocycles. The molecule has 0 aliphatic rings. The van der Waals surface area contributed by atoms with Crippen molar-refractivity contribution in [3.05, 3.63) is 0 Å². The maximum atomic E-state index is 10.7. The maximum absolute atomic E-state index is 10.7. The van der Waals surface area contributed by atoms with Gasteiger partial charge in [-0.15, -0.1) is 0 Å². The Morgan fingerprint density at radius 1 is 0.655 bits per heavy atom. The SMILES string of the molecule is CCCCCCCCCCCCCCCCCC[N+](CC)(CC)OCCC(=O)O. The van der Waals surface area contributed by atoms with Crippen molar-refractivity contribution in [1.82, 2.24) is 0 Å². The third-order valence-electron chi connectivity index (χ3n) is 6.25. The third-order valence-corrected chi connectivity index (χ3v) is 6.25. The lowest BCUT2D eigenvalue weighted by molar-refractivity contribution is -1.10. The molecular formula is C25H52NO3+. The van der Waals surface area contributed by atoms with E-state index in [2.05, 4.69) is 20.8 Å². The van der Waals surface area contributed by atoms with E-state index >= 15 is 0 Å². The number of hydrogen-bond acceptors (Lipinski definition) is 2. The number of hydroxylamine groups is 3. The van der Waals surface area contributed by atoms with Crippen LogP contribution in [-0.4, -0.2) is 42.0 Å². The van der Waals surface area contributed by atoms with Gasteiger partial charge in [0.15, 0.2) is 0 Å². The third kappa shape index (κ3) is 17.9. The zero-order chi connectivity index (χ0) is 21.6. The molecule has 0 aliphatic carbocycles. The van der Waals surface area contributed by atoms with Crippen LogP contribution in [0, 0.1) is 0 Å². The lowest BCUT2D eigenvalue weighted by atomic mass is 10.0. The highest BCUT2D eigenvalue weighted by atomic mass is 16.7. The molecule has 174 valence electrons. The Bertz CT molecular complexity index is 356. The van der Waals surface area contributed by atoms with Gasteiger partial charge in [0.1, 0.15) is 26.2 Å². The first kappa shape index (κ1) is 28.4. The van der Waals surface area contributed by atoms with Crippen molar-refractivity contribution in [1.29, 1.82) is 0 Å². The molecular weight excluding hydrogens is 362 g/mol. The van der Waals surface area contributed by atoms with Gasteiger partial charge in [-0.2, -0.15) is 4.65 Å². The molecule has 0 unspecified atom stereocenters. The van der Waals surface area contributed by atoms with Crippen LogP contribution < -0.4 is 0 Å². The molecule has 0 aliphatic heterocycles. The van der Waals surface area contributed by atoms with Crippen LogP contribution in [0.4, 0.5) is 0 Å². The van der Waals surface area contributed by atoms with Gasteiger partial charge in [0.2, 0.25) is 0 Å². The van der Waals surface area contributed by atoms with Gasteiger partial charge in [0, 0.05) is 0 Å². The van der Waals surface area contributed by atoms with Crippen molar-refractivity contribution in [2.24, 2.45) is 0 Å². The Hall–Kier alpha value is -0.610. The van der Waals surface area contributed by atoms with Crippen LogP contribution in [-0.2, 0) is 9.63 Å². The fourth-order valence-electron chi connectivity index (χ4n) is 4.06. The largest absolute Gasteiger partial charge is 0.481 e. The zero-order valence-electron chi connectivity index (χ0n) is 20.1. The summed E-state index contributed by atoms with van der Waals surface area (Å²) in [5.74, 6) is -0.780. The predicted octanol–water partition coefficient (Wildman–Crippen LogP) is 7.51. The summed E-state index contributed by atoms with van der Waals surface area (Å²) in [6.07, 6.45) is 22.2. The van der Waals surface area contributed by atoms with Crippen LogP contribution >= 0.6 is 0 Å². The molecule has 0 amide bonds. The van der Waals surface area contributed by atoms with Gasteiger partial charge in [-0.05, 0) is 26.7 Å². The lowest BCUT2D eigenvalue weighted by Gasteiger charge is -2.33. The average molecular weight is 415 g/mol. The molecule has 4 heteroatoms. The number of carbonyl (C=O) groups is 1. The van der Waals surface area contributed by atoms with Crippen LogP contribution in [0.15, 0.2) is 0 Å². The van der Waals surface area contributed by atoms with Gasteiger partial charge in [-0.1, -0.05) is 96.8 Å². The molecule has 1 N–H and O–H groups in total. The molecule has 0 heterocycles. The summed E-state index contributed by atoms with van der Waals surface area (Å²) in [6, 6.07) is 0. The molecule has 4 nitrogen and oxygen atoms in total. The van der Waals surface area contributed by atoms with E-state index in [1.54, 1.807) is 0 Å². The van der Waals surface area contributed by atoms with Crippen LogP contribution in [0.5, 0.6) is 0 Å². The first-order valence-corrected chi connectivity index (χ1v) is 12.8. The fraction of sp³-hybridized carbons (Fsp3) is 0.960. The number of quaternary nitrogens is 1. The second-order valence-corrected chi connectivity index (χ2v) is 8.69. The first-order chi connectivity index (χ1) is 14.1. The number of unbranched alkanes of at least 4 members (excludes halogenated alkanes) is 15. The second-order valence-electron chi connectivity index (χ2n) is 8.69. The summed E-state index contributed by atoms with van der Waals surface area (Å²) < 4.78 is 0.603. The summed E-state index contributed by atoms with van der Waals surface area (Å²) in [4.78, 5) is 16.6. The van der Waals surface area contributed by atoms with E-state index in [-0.39, 0.29) is 6.42 Å². The van der Waals surface area contributed by atoms with Gasteiger partial charge in [0.05, 0.1) is 6.42 Å². The molecule has 0 aromatic rings. The Morgan fingerprint density at radius 3 is 1.38 bits per heavy atom. The normalized spacial score (nSPS) is 11.8. The van der Waals surface area contributed by atoms with E-state index in [0.717, 1.165) is 19.6 Å². The Balaban J connectivity index is 3.47. The van der Waals surface area contributed by atoms with Crippen molar-refractivity contribution >= 4 is 5.97 Å². The fourth-order valence-corrected chi connectivity index (χ4v) is 4.06. The van der Waals surface area contributed by atoms with Gasteiger partial charge in [-0.3, -0.25) is 4.79 Å². The van der Waals surface area contributed by atoms with E-state index in [4.69, 9.17) is 9.94 Å². The maximum Gasteiger partial charge on any atom is 0.305 e. The summed E-state index contributed by atoms with van der Waals surface area (Å²) in [5.41, 5.74) is 0. The number of rotatable bonds is 23. The van der Waals surface area contributed by atoms with Crippen molar-refractivity contribution < 1.29 is 19.4 Å². The van der Waals surface area contributed by atoms with Crippen molar-refractivity contribution in [2.75, 3.05) is 26.2 Å². The molecule has 29 heavy (non-hydrogen) atoms. The highest BCUT2D eigenvalue weighted by Crippen LogP contribution is 2.15. The van der Waals surface area contributed by atoms with E-state index < -0.39 is 5.97 Å². The summed E-state index contributed by atoms with van der Waals surface area (Å²) in [6.45, 7) is 9.70. The molecule has 0 bridgehead atoms. The van der Waals surface area contributed by atoms with Crippen LogP contribution in [0.25, 0.3) is 0 Å². The number of carboxylic acids is 1. The summed E-state index contributed by atoms with van der Waals surface area (Å²) in [7, 11) is 0. The monoisotopic (exact) mass is 414 g/mol. The quantitative estimate of drug-likeness (QED) is 0.107. The zero-order valence-corrected chi connectivity index (χ0v) is 20.1.